The van der Waals surface area contributed by atoms with Crippen LogP contribution in [0.5, 0.6) is 5.75 Å². The minimum absolute atomic E-state index is 0.0148. The Morgan fingerprint density at radius 3 is 2.46 bits per heavy atom. The molecule has 1 heterocycles. The smallest absolute Gasteiger partial charge is 0.321 e. The molecule has 0 spiro atoms. The first-order valence-electron chi connectivity index (χ1n) is 16.1. The Kier molecular flexibility index (Phi) is 13.1. The van der Waals surface area contributed by atoms with Gasteiger partial charge in [0.1, 0.15) is 5.75 Å². The quantitative estimate of drug-likeness (QED) is 0.258. The molecule has 1 aliphatic heterocycles. The first-order valence-corrected chi connectivity index (χ1v) is 17.9. The van der Waals surface area contributed by atoms with Crippen molar-refractivity contribution in [1.82, 2.24) is 9.80 Å². The molecule has 3 N–H and O–H groups in total. The molecule has 0 bridgehead atoms. The molecule has 3 aromatic carbocycles. The lowest BCUT2D eigenvalue weighted by Gasteiger charge is -2.35. The number of nitrogens with zero attached hydrogens (tertiary/aromatic N) is 2. The second kappa shape index (κ2) is 17.0. The van der Waals surface area contributed by atoms with Gasteiger partial charge in [-0.05, 0) is 87.7 Å². The zero-order chi connectivity index (χ0) is 34.8. The van der Waals surface area contributed by atoms with Crippen molar-refractivity contribution >= 4 is 44.9 Å². The summed E-state index contributed by atoms with van der Waals surface area (Å²) in [4.78, 5) is 30.5. The van der Waals surface area contributed by atoms with E-state index in [1.807, 2.05) is 44.2 Å². The molecule has 0 fully saturated rings. The van der Waals surface area contributed by atoms with Gasteiger partial charge >= 0.3 is 6.03 Å². The van der Waals surface area contributed by atoms with E-state index in [-0.39, 0.29) is 53.9 Å². The average Bonchev–Trinajstić information content (AvgIpc) is 3.06. The lowest BCUT2D eigenvalue weighted by molar-refractivity contribution is -0.0115. The van der Waals surface area contributed by atoms with Crippen molar-refractivity contribution in [2.75, 3.05) is 43.4 Å². The van der Waals surface area contributed by atoms with E-state index in [4.69, 9.17) is 21.1 Å². The Labute approximate surface area is 288 Å². The van der Waals surface area contributed by atoms with Gasteiger partial charge < -0.3 is 29.7 Å². The molecule has 11 nitrogen and oxygen atoms in total. The summed E-state index contributed by atoms with van der Waals surface area (Å²) in [6.45, 7) is 6.21. The van der Waals surface area contributed by atoms with Crippen molar-refractivity contribution in [3.63, 3.8) is 0 Å². The van der Waals surface area contributed by atoms with Gasteiger partial charge in [-0.3, -0.25) is 9.52 Å². The number of likely N-dealkylation sites (N-methyl/N-ethyl adjacent to an activating group) is 1. The van der Waals surface area contributed by atoms with Crippen LogP contribution < -0.4 is 14.8 Å². The van der Waals surface area contributed by atoms with E-state index < -0.39 is 28.1 Å². The molecule has 48 heavy (non-hydrogen) atoms. The summed E-state index contributed by atoms with van der Waals surface area (Å²) < 4.78 is 41.5. The normalized spacial score (nSPS) is 20.1. The number of anilines is 2. The van der Waals surface area contributed by atoms with E-state index in [0.29, 0.717) is 29.5 Å². The maximum Gasteiger partial charge on any atom is 0.321 e. The van der Waals surface area contributed by atoms with Crippen molar-refractivity contribution in [2.24, 2.45) is 5.92 Å². The number of nitrogens with one attached hydrogen (secondary N) is 2. The summed E-state index contributed by atoms with van der Waals surface area (Å²) in [5.74, 6) is -0.385. The third-order valence-corrected chi connectivity index (χ3v) is 9.90. The topological polar surface area (TPSA) is 138 Å². The number of rotatable bonds is 8. The van der Waals surface area contributed by atoms with Crippen LogP contribution in [0.15, 0.2) is 77.7 Å². The molecule has 1 aliphatic rings. The number of fused-ring (bicyclic) bond motifs is 1. The summed E-state index contributed by atoms with van der Waals surface area (Å²) in [5, 5.41) is 13.5. The zero-order valence-electron chi connectivity index (χ0n) is 27.8. The summed E-state index contributed by atoms with van der Waals surface area (Å²) >= 11 is 5.95. The Morgan fingerprint density at radius 1 is 1.06 bits per heavy atom. The van der Waals surface area contributed by atoms with Gasteiger partial charge in [-0.15, -0.1) is 0 Å². The molecule has 4 atom stereocenters. The van der Waals surface area contributed by atoms with E-state index in [2.05, 4.69) is 10.0 Å². The standard InChI is InChI=1S/C35H45ClN4O7S/c1-24-21-40(25(2)23-41)34(42)31-20-29(38-48(44,45)30-16-13-27(36)14-17-30)15-18-32(31)47-26(3)10-8-9-19-46-33(24)22-39(4)35(43)37-28-11-6-5-7-12-28/h5-7,11-18,20,24-26,33,38,41H,8-10,19,21-23H2,1-4H3,(H,37,43)/t24-,25+,26+,33+/m0/s1. The van der Waals surface area contributed by atoms with Gasteiger partial charge in [0.15, 0.2) is 0 Å². The van der Waals surface area contributed by atoms with E-state index >= 15 is 0 Å². The molecule has 0 aromatic heterocycles. The number of para-hydroxylation sites is 1. The fourth-order valence-electron chi connectivity index (χ4n) is 5.37. The first-order chi connectivity index (χ1) is 22.9. The van der Waals surface area contributed by atoms with Gasteiger partial charge in [-0.25, -0.2) is 13.2 Å². The van der Waals surface area contributed by atoms with E-state index in [0.717, 1.165) is 12.8 Å². The average molecular weight is 701 g/mol. The number of carbonyl (C=O) groups is 2. The third kappa shape index (κ3) is 10.1. The minimum Gasteiger partial charge on any atom is -0.490 e. The number of halogens is 1. The number of sulfonamides is 1. The number of benzene rings is 3. The molecule has 0 aliphatic carbocycles. The molecule has 0 unspecified atom stereocenters. The molecule has 0 saturated heterocycles. The van der Waals surface area contributed by atoms with Crippen LogP contribution in [0, 0.1) is 5.92 Å². The molecular weight excluding hydrogens is 656 g/mol. The van der Waals surface area contributed by atoms with Gasteiger partial charge in [-0.1, -0.05) is 36.7 Å². The van der Waals surface area contributed by atoms with Gasteiger partial charge in [0.05, 0.1) is 35.3 Å². The fraction of sp³-hybridized carbons (Fsp3) is 0.429. The number of amides is 3. The fourth-order valence-corrected chi connectivity index (χ4v) is 6.55. The van der Waals surface area contributed by atoms with Gasteiger partial charge in [0.2, 0.25) is 0 Å². The van der Waals surface area contributed by atoms with E-state index in [9.17, 15) is 23.1 Å². The van der Waals surface area contributed by atoms with Gasteiger partial charge in [0, 0.05) is 49.1 Å². The highest BCUT2D eigenvalue weighted by Gasteiger charge is 2.31. The van der Waals surface area contributed by atoms with E-state index in [1.54, 1.807) is 35.9 Å². The summed E-state index contributed by atoms with van der Waals surface area (Å²) in [5.41, 5.74) is 0.999. The van der Waals surface area contributed by atoms with Crippen molar-refractivity contribution in [2.45, 2.75) is 63.2 Å². The Balaban J connectivity index is 1.63. The molecule has 3 amide bonds. The Hall–Kier alpha value is -3.84. The highest BCUT2D eigenvalue weighted by molar-refractivity contribution is 7.92. The van der Waals surface area contributed by atoms with Crippen LogP contribution >= 0.6 is 11.6 Å². The third-order valence-electron chi connectivity index (χ3n) is 8.25. The SMILES string of the molecule is C[C@@H]1CCCCO[C@H](CN(C)C(=O)Nc2ccccc2)[C@@H](C)CN([C@H](C)CO)C(=O)c2cc(NS(=O)(=O)c3ccc(Cl)cc3)ccc2O1. The van der Waals surface area contributed by atoms with Crippen LogP contribution in [0.2, 0.25) is 5.02 Å². The highest BCUT2D eigenvalue weighted by Crippen LogP contribution is 2.30. The number of hydrogen-bond acceptors (Lipinski definition) is 7. The lowest BCUT2D eigenvalue weighted by atomic mass is 10.0. The van der Waals surface area contributed by atoms with Crippen molar-refractivity contribution < 1.29 is 32.6 Å². The van der Waals surface area contributed by atoms with Crippen LogP contribution in [0.3, 0.4) is 0 Å². The second-order valence-corrected chi connectivity index (χ2v) is 14.4. The van der Waals surface area contributed by atoms with Crippen LogP contribution in [0.25, 0.3) is 0 Å². The summed E-state index contributed by atoms with van der Waals surface area (Å²) in [6.07, 6.45) is 1.60. The van der Waals surface area contributed by atoms with E-state index in [1.165, 1.54) is 30.3 Å². The summed E-state index contributed by atoms with van der Waals surface area (Å²) in [6, 6.07) is 18.7. The molecule has 13 heteroatoms. The predicted octanol–water partition coefficient (Wildman–Crippen LogP) is 6.10. The van der Waals surface area contributed by atoms with Crippen LogP contribution in [0.4, 0.5) is 16.2 Å². The Bertz CT molecular complexity index is 1630. The molecule has 3 aromatic rings. The number of aliphatic hydroxyl groups is 1. The number of aliphatic hydroxyl groups excluding tert-OH is 1. The van der Waals surface area contributed by atoms with Gasteiger partial charge in [-0.2, -0.15) is 0 Å². The first kappa shape index (κ1) is 37.0. The number of ether oxygens (including phenoxy) is 2. The predicted molar refractivity (Wildman–Crippen MR) is 187 cm³/mol. The van der Waals surface area contributed by atoms with Crippen LogP contribution in [-0.4, -0.2) is 86.9 Å². The molecule has 0 saturated carbocycles. The van der Waals surface area contributed by atoms with Crippen molar-refractivity contribution in [3.05, 3.63) is 83.4 Å². The summed E-state index contributed by atoms with van der Waals surface area (Å²) in [7, 11) is -2.30. The highest BCUT2D eigenvalue weighted by atomic mass is 35.5. The zero-order valence-corrected chi connectivity index (χ0v) is 29.3. The monoisotopic (exact) mass is 700 g/mol. The van der Waals surface area contributed by atoms with Crippen molar-refractivity contribution in [3.8, 4) is 5.75 Å². The van der Waals surface area contributed by atoms with Crippen LogP contribution in [-0.2, 0) is 14.8 Å². The number of urea groups is 1. The number of hydrogen-bond donors (Lipinski definition) is 3. The molecule has 0 radical (unpaired) electrons. The van der Waals surface area contributed by atoms with Crippen molar-refractivity contribution in [1.29, 1.82) is 0 Å². The molecule has 4 rings (SSSR count). The Morgan fingerprint density at radius 2 is 1.77 bits per heavy atom. The maximum absolute atomic E-state index is 14.4. The van der Waals surface area contributed by atoms with Crippen LogP contribution in [0.1, 0.15) is 50.4 Å². The maximum atomic E-state index is 14.4. The lowest BCUT2D eigenvalue weighted by Crippen LogP contribution is -2.48. The largest absolute Gasteiger partial charge is 0.490 e. The number of carbonyl (C=O) groups excluding carboxylic acids is 2. The minimum atomic E-state index is -3.99. The molecular formula is C35H45ClN4O7S. The second-order valence-electron chi connectivity index (χ2n) is 12.2. The van der Waals surface area contributed by atoms with Gasteiger partial charge in [0.25, 0.3) is 15.9 Å². The molecule has 260 valence electrons.